The van der Waals surface area contributed by atoms with Crippen LogP contribution in [0.3, 0.4) is 0 Å². The molecule has 1 aromatic rings. The van der Waals surface area contributed by atoms with Crippen LogP contribution >= 0.6 is 11.6 Å². The van der Waals surface area contributed by atoms with Crippen LogP contribution in [0, 0.1) is 5.41 Å². The standard InChI is InChI=1S/C14H19ClN2O2/c15-9-14(5-2-1-3-6-14)10-17-13(19)11-4-7-16-8-12(11)18/h4,7-8,18H,1-3,5-6,9-10H2,(H,17,19). The first-order valence-electron chi connectivity index (χ1n) is 6.64. The maximum absolute atomic E-state index is 12.0. The summed E-state index contributed by atoms with van der Waals surface area (Å²) in [6, 6.07) is 1.51. The Kier molecular flexibility index (Phi) is 4.64. The zero-order valence-electron chi connectivity index (χ0n) is 10.9. The molecule has 0 radical (unpaired) electrons. The number of nitrogens with one attached hydrogen (secondary N) is 1. The van der Waals surface area contributed by atoms with Gasteiger partial charge in [0.2, 0.25) is 0 Å². The van der Waals surface area contributed by atoms with E-state index in [1.807, 2.05) is 0 Å². The van der Waals surface area contributed by atoms with E-state index in [-0.39, 0.29) is 22.6 Å². The van der Waals surface area contributed by atoms with Crippen molar-refractivity contribution < 1.29 is 9.90 Å². The van der Waals surface area contributed by atoms with E-state index in [0.29, 0.717) is 12.4 Å². The second kappa shape index (κ2) is 6.24. The fraction of sp³-hybridized carbons (Fsp3) is 0.571. The number of hydrogen-bond acceptors (Lipinski definition) is 3. The summed E-state index contributed by atoms with van der Waals surface area (Å²) >= 11 is 6.09. The minimum absolute atomic E-state index is 0.0120. The molecule has 1 aliphatic carbocycles. The van der Waals surface area contributed by atoms with Crippen LogP contribution < -0.4 is 5.32 Å². The number of halogens is 1. The molecule has 0 aliphatic heterocycles. The van der Waals surface area contributed by atoms with Crippen molar-refractivity contribution in [3.8, 4) is 5.75 Å². The summed E-state index contributed by atoms with van der Waals surface area (Å²) in [5.41, 5.74) is 0.272. The molecule has 1 amide bonds. The molecule has 2 N–H and O–H groups in total. The summed E-state index contributed by atoms with van der Waals surface area (Å²) in [5, 5.41) is 12.5. The highest BCUT2D eigenvalue weighted by Crippen LogP contribution is 2.36. The van der Waals surface area contributed by atoms with Crippen molar-refractivity contribution in [2.24, 2.45) is 5.41 Å². The number of carbonyl (C=O) groups excluding carboxylic acids is 1. The van der Waals surface area contributed by atoms with Crippen LogP contribution in [0.5, 0.6) is 5.75 Å². The van der Waals surface area contributed by atoms with Gasteiger partial charge in [-0.1, -0.05) is 19.3 Å². The normalized spacial score (nSPS) is 17.9. The first-order valence-corrected chi connectivity index (χ1v) is 7.17. The number of aromatic hydroxyl groups is 1. The predicted molar refractivity (Wildman–Crippen MR) is 74.5 cm³/mol. The van der Waals surface area contributed by atoms with Crippen LogP contribution in [0.2, 0.25) is 0 Å². The van der Waals surface area contributed by atoms with Gasteiger partial charge in [0.15, 0.2) is 0 Å². The molecule has 0 bridgehead atoms. The molecule has 5 heteroatoms. The number of rotatable bonds is 4. The van der Waals surface area contributed by atoms with E-state index in [0.717, 1.165) is 12.8 Å². The molecule has 0 unspecified atom stereocenters. The third kappa shape index (κ3) is 3.38. The Morgan fingerprint density at radius 1 is 1.42 bits per heavy atom. The second-order valence-electron chi connectivity index (χ2n) is 5.27. The Balaban J connectivity index is 1.98. The van der Waals surface area contributed by atoms with Crippen molar-refractivity contribution in [1.29, 1.82) is 0 Å². The van der Waals surface area contributed by atoms with Gasteiger partial charge in [-0.3, -0.25) is 9.78 Å². The molecule has 0 atom stereocenters. The maximum atomic E-state index is 12.0. The Labute approximate surface area is 118 Å². The molecule has 4 nitrogen and oxygen atoms in total. The smallest absolute Gasteiger partial charge is 0.255 e. The molecule has 1 fully saturated rings. The van der Waals surface area contributed by atoms with Gasteiger partial charge in [-0.2, -0.15) is 0 Å². The van der Waals surface area contributed by atoms with Gasteiger partial charge in [-0.05, 0) is 18.9 Å². The largest absolute Gasteiger partial charge is 0.505 e. The molecule has 2 rings (SSSR count). The van der Waals surface area contributed by atoms with Crippen molar-refractivity contribution in [3.05, 3.63) is 24.0 Å². The Hall–Kier alpha value is -1.29. The third-order valence-electron chi connectivity index (χ3n) is 3.87. The summed E-state index contributed by atoms with van der Waals surface area (Å²) in [7, 11) is 0. The van der Waals surface area contributed by atoms with Crippen molar-refractivity contribution in [2.45, 2.75) is 32.1 Å². The van der Waals surface area contributed by atoms with E-state index in [4.69, 9.17) is 11.6 Å². The summed E-state index contributed by atoms with van der Waals surface area (Å²) in [5.74, 6) is 0.203. The Bertz CT molecular complexity index is 445. The number of nitrogens with zero attached hydrogens (tertiary/aromatic N) is 1. The van der Waals surface area contributed by atoms with E-state index in [2.05, 4.69) is 10.3 Å². The second-order valence-corrected chi connectivity index (χ2v) is 5.54. The molecule has 0 spiro atoms. The van der Waals surface area contributed by atoms with Crippen molar-refractivity contribution in [1.82, 2.24) is 10.3 Å². The molecular formula is C14H19ClN2O2. The van der Waals surface area contributed by atoms with E-state index in [1.54, 1.807) is 0 Å². The number of hydrogen-bond donors (Lipinski definition) is 2. The lowest BCUT2D eigenvalue weighted by molar-refractivity contribution is 0.0918. The first kappa shape index (κ1) is 14.1. The molecule has 104 valence electrons. The van der Waals surface area contributed by atoms with E-state index < -0.39 is 0 Å². The average molecular weight is 283 g/mol. The summed E-state index contributed by atoms with van der Waals surface area (Å²) in [4.78, 5) is 15.8. The van der Waals surface area contributed by atoms with Crippen LogP contribution in [-0.4, -0.2) is 28.4 Å². The van der Waals surface area contributed by atoms with Crippen LogP contribution in [0.4, 0.5) is 0 Å². The van der Waals surface area contributed by atoms with Gasteiger partial charge in [0, 0.05) is 24.0 Å². The lowest BCUT2D eigenvalue weighted by Crippen LogP contribution is -2.40. The van der Waals surface area contributed by atoms with Crippen molar-refractivity contribution >= 4 is 17.5 Å². The van der Waals surface area contributed by atoms with Gasteiger partial charge in [-0.25, -0.2) is 0 Å². The van der Waals surface area contributed by atoms with Crippen molar-refractivity contribution in [2.75, 3.05) is 12.4 Å². The highest BCUT2D eigenvalue weighted by atomic mass is 35.5. The number of aromatic nitrogens is 1. The summed E-state index contributed by atoms with van der Waals surface area (Å²) in [6.45, 7) is 0.567. The number of carbonyl (C=O) groups is 1. The molecule has 19 heavy (non-hydrogen) atoms. The number of alkyl halides is 1. The van der Waals surface area contributed by atoms with Crippen LogP contribution in [0.15, 0.2) is 18.5 Å². The van der Waals surface area contributed by atoms with E-state index in [9.17, 15) is 9.90 Å². The van der Waals surface area contributed by atoms with Crippen LogP contribution in [0.1, 0.15) is 42.5 Å². The summed E-state index contributed by atoms with van der Waals surface area (Å²) < 4.78 is 0. The van der Waals surface area contributed by atoms with E-state index >= 15 is 0 Å². The lowest BCUT2D eigenvalue weighted by Gasteiger charge is -2.35. The molecular weight excluding hydrogens is 264 g/mol. The SMILES string of the molecule is O=C(NCC1(CCl)CCCCC1)c1ccncc1O. The zero-order chi connectivity index (χ0) is 13.7. The maximum Gasteiger partial charge on any atom is 0.255 e. The minimum atomic E-state index is -0.269. The Morgan fingerprint density at radius 3 is 2.79 bits per heavy atom. The number of amides is 1. The fourth-order valence-electron chi connectivity index (χ4n) is 2.60. The van der Waals surface area contributed by atoms with Gasteiger partial charge >= 0.3 is 0 Å². The first-order chi connectivity index (χ1) is 9.17. The highest BCUT2D eigenvalue weighted by molar-refractivity contribution is 6.18. The van der Waals surface area contributed by atoms with Gasteiger partial charge in [0.05, 0.1) is 11.8 Å². The van der Waals surface area contributed by atoms with Gasteiger partial charge in [-0.15, -0.1) is 11.6 Å². The highest BCUT2D eigenvalue weighted by Gasteiger charge is 2.31. The van der Waals surface area contributed by atoms with Crippen LogP contribution in [0.25, 0.3) is 0 Å². The molecule has 1 aromatic heterocycles. The molecule has 0 saturated heterocycles. The molecule has 1 aliphatic rings. The van der Waals surface area contributed by atoms with Gasteiger partial charge < -0.3 is 10.4 Å². The average Bonchev–Trinajstić information content (AvgIpc) is 2.46. The van der Waals surface area contributed by atoms with Gasteiger partial charge in [0.25, 0.3) is 5.91 Å². The lowest BCUT2D eigenvalue weighted by atomic mass is 9.75. The summed E-state index contributed by atoms with van der Waals surface area (Å²) in [6.07, 6.45) is 8.46. The number of pyridine rings is 1. The third-order valence-corrected chi connectivity index (χ3v) is 4.43. The zero-order valence-corrected chi connectivity index (χ0v) is 11.6. The van der Waals surface area contributed by atoms with Crippen molar-refractivity contribution in [3.63, 3.8) is 0 Å². The monoisotopic (exact) mass is 282 g/mol. The van der Waals surface area contributed by atoms with Gasteiger partial charge in [0.1, 0.15) is 5.75 Å². The topological polar surface area (TPSA) is 62.2 Å². The fourth-order valence-corrected chi connectivity index (χ4v) is 2.96. The van der Waals surface area contributed by atoms with E-state index in [1.165, 1.54) is 37.7 Å². The Morgan fingerprint density at radius 2 is 2.16 bits per heavy atom. The predicted octanol–water partition coefficient (Wildman–Crippen LogP) is 2.71. The van der Waals surface area contributed by atoms with Crippen LogP contribution in [-0.2, 0) is 0 Å². The molecule has 1 saturated carbocycles. The minimum Gasteiger partial charge on any atom is -0.505 e. The molecule has 0 aromatic carbocycles. The molecule has 1 heterocycles. The quantitative estimate of drug-likeness (QED) is 0.835.